The molecule has 1 saturated carbocycles. The minimum atomic E-state index is 0.869. The molecule has 0 aromatic carbocycles. The Kier molecular flexibility index (Phi) is 10.2. The Balaban J connectivity index is 1.58. The lowest BCUT2D eigenvalue weighted by Gasteiger charge is -2.35. The van der Waals surface area contributed by atoms with Crippen LogP contribution in [0.3, 0.4) is 0 Å². The Morgan fingerprint density at radius 2 is 1.92 bits per heavy atom. The van der Waals surface area contributed by atoms with Crippen LogP contribution in [0.2, 0.25) is 0 Å². The van der Waals surface area contributed by atoms with E-state index in [0.29, 0.717) is 0 Å². The van der Waals surface area contributed by atoms with Crippen LogP contribution in [0, 0.1) is 0 Å². The average molecular weight is 351 g/mol. The number of hydrogen-bond donors (Lipinski definition) is 0. The summed E-state index contributed by atoms with van der Waals surface area (Å²) in [7, 11) is 2.30. The van der Waals surface area contributed by atoms with Gasteiger partial charge in [0.15, 0.2) is 0 Å². The van der Waals surface area contributed by atoms with Crippen molar-refractivity contribution >= 4 is 11.8 Å². The van der Waals surface area contributed by atoms with Gasteiger partial charge in [0.2, 0.25) is 0 Å². The van der Waals surface area contributed by atoms with E-state index in [1.54, 1.807) is 4.91 Å². The van der Waals surface area contributed by atoms with Gasteiger partial charge < -0.3 is 4.90 Å². The molecule has 0 aliphatic heterocycles. The zero-order valence-electron chi connectivity index (χ0n) is 16.0. The minimum Gasteiger partial charge on any atom is -0.305 e. The Hall–Kier alpha value is -0.250. The van der Waals surface area contributed by atoms with E-state index < -0.39 is 0 Å². The molecule has 0 aromatic heterocycles. The fourth-order valence-corrected chi connectivity index (χ4v) is 4.83. The molecule has 0 atom stereocenters. The molecule has 2 aliphatic rings. The summed E-state index contributed by atoms with van der Waals surface area (Å²) in [4.78, 5) is 6.90. The first-order chi connectivity index (χ1) is 11.8. The van der Waals surface area contributed by atoms with Gasteiger partial charge in [-0.05, 0) is 69.3 Å². The average Bonchev–Trinajstić information content (AvgIpc) is 2.64. The van der Waals surface area contributed by atoms with Crippen LogP contribution >= 0.6 is 11.8 Å². The van der Waals surface area contributed by atoms with Gasteiger partial charge >= 0.3 is 0 Å². The van der Waals surface area contributed by atoms with Gasteiger partial charge in [-0.15, -0.1) is 11.8 Å². The van der Waals surface area contributed by atoms with Crippen LogP contribution < -0.4 is 0 Å². The van der Waals surface area contributed by atoms with Gasteiger partial charge in [0, 0.05) is 19.1 Å². The Bertz CT molecular complexity index is 385. The summed E-state index contributed by atoms with van der Waals surface area (Å²) in [5, 5.41) is 0. The lowest BCUT2D eigenvalue weighted by atomic mass is 9.94. The lowest BCUT2D eigenvalue weighted by molar-refractivity contribution is 0.139. The van der Waals surface area contributed by atoms with E-state index in [-0.39, 0.29) is 0 Å². The van der Waals surface area contributed by atoms with Crippen molar-refractivity contribution in [1.29, 1.82) is 0 Å². The van der Waals surface area contributed by atoms with Crippen molar-refractivity contribution in [3.63, 3.8) is 0 Å². The summed E-state index contributed by atoms with van der Waals surface area (Å²) in [5.41, 5.74) is 0. The molecule has 1 fully saturated rings. The van der Waals surface area contributed by atoms with E-state index in [1.807, 2.05) is 0 Å². The second-order valence-corrected chi connectivity index (χ2v) is 8.65. The van der Waals surface area contributed by atoms with Crippen molar-refractivity contribution in [2.45, 2.75) is 70.8 Å². The number of nitrogens with zero attached hydrogens (tertiary/aromatic N) is 2. The third-order valence-corrected chi connectivity index (χ3v) is 6.52. The Morgan fingerprint density at radius 1 is 1.08 bits per heavy atom. The van der Waals surface area contributed by atoms with Crippen molar-refractivity contribution in [3.05, 3.63) is 23.1 Å². The standard InChI is InChI=1S/C21H38N2S/c1-3-15-23(20-11-6-4-7-12-20)18-17-22(2)16-10-19-24-21-13-8-5-9-14-21/h5,8,13,20H,3-4,6-7,9-12,14-19H2,1-2H3. The summed E-state index contributed by atoms with van der Waals surface area (Å²) in [6.45, 7) is 7.34. The predicted octanol–water partition coefficient (Wildman–Crippen LogP) is 5.32. The summed E-state index contributed by atoms with van der Waals surface area (Å²) >= 11 is 2.07. The van der Waals surface area contributed by atoms with Gasteiger partial charge in [0.05, 0.1) is 0 Å². The van der Waals surface area contributed by atoms with Crippen LogP contribution in [0.5, 0.6) is 0 Å². The van der Waals surface area contributed by atoms with Crippen LogP contribution in [0.15, 0.2) is 23.1 Å². The van der Waals surface area contributed by atoms with Crippen molar-refractivity contribution in [1.82, 2.24) is 9.80 Å². The zero-order valence-corrected chi connectivity index (χ0v) is 16.8. The molecule has 0 amide bonds. The molecule has 0 saturated heterocycles. The van der Waals surface area contributed by atoms with Crippen LogP contribution in [-0.2, 0) is 0 Å². The number of rotatable bonds is 11. The largest absolute Gasteiger partial charge is 0.305 e. The van der Waals surface area contributed by atoms with Crippen LogP contribution in [0.4, 0.5) is 0 Å². The maximum atomic E-state index is 2.78. The number of thioether (sulfide) groups is 1. The SMILES string of the molecule is CCCN(CCN(C)CCCSC1=CC=CCC1)C1CCCCC1. The van der Waals surface area contributed by atoms with Gasteiger partial charge in [-0.1, -0.05) is 44.4 Å². The van der Waals surface area contributed by atoms with Crippen molar-refractivity contribution in [3.8, 4) is 0 Å². The first-order valence-electron chi connectivity index (χ1n) is 10.2. The number of allylic oxidation sites excluding steroid dienone is 4. The minimum absolute atomic E-state index is 0.869. The molecule has 2 rings (SSSR count). The molecule has 0 radical (unpaired) electrons. The summed E-state index contributed by atoms with van der Waals surface area (Å²) < 4.78 is 0. The Morgan fingerprint density at radius 3 is 2.62 bits per heavy atom. The van der Waals surface area contributed by atoms with Crippen molar-refractivity contribution in [2.24, 2.45) is 0 Å². The van der Waals surface area contributed by atoms with Gasteiger partial charge in [-0.2, -0.15) is 0 Å². The number of likely N-dealkylation sites (N-methyl/N-ethyl adjacent to an activating group) is 1. The fraction of sp³-hybridized carbons (Fsp3) is 0.810. The fourth-order valence-electron chi connectivity index (χ4n) is 3.86. The highest BCUT2D eigenvalue weighted by molar-refractivity contribution is 8.03. The predicted molar refractivity (Wildman–Crippen MR) is 110 cm³/mol. The normalized spacial score (nSPS) is 19.2. The number of hydrogen-bond acceptors (Lipinski definition) is 3. The van der Waals surface area contributed by atoms with E-state index in [2.05, 4.69) is 53.8 Å². The first kappa shape index (κ1) is 20.1. The molecule has 0 N–H and O–H groups in total. The van der Waals surface area contributed by atoms with Crippen molar-refractivity contribution < 1.29 is 0 Å². The molecule has 3 heteroatoms. The molecule has 2 aliphatic carbocycles. The third-order valence-electron chi connectivity index (χ3n) is 5.32. The molecule has 0 heterocycles. The van der Waals surface area contributed by atoms with Crippen molar-refractivity contribution in [2.75, 3.05) is 39.0 Å². The van der Waals surface area contributed by atoms with Gasteiger partial charge in [0.25, 0.3) is 0 Å². The van der Waals surface area contributed by atoms with Crippen LogP contribution in [-0.4, -0.2) is 54.8 Å². The molecule has 2 nitrogen and oxygen atoms in total. The zero-order chi connectivity index (χ0) is 17.0. The highest BCUT2D eigenvalue weighted by Crippen LogP contribution is 2.25. The van der Waals surface area contributed by atoms with Gasteiger partial charge in [0.1, 0.15) is 0 Å². The van der Waals surface area contributed by atoms with Gasteiger partial charge in [-0.3, -0.25) is 4.90 Å². The second-order valence-electron chi connectivity index (χ2n) is 7.43. The van der Waals surface area contributed by atoms with E-state index >= 15 is 0 Å². The van der Waals surface area contributed by atoms with E-state index in [4.69, 9.17) is 0 Å². The highest BCUT2D eigenvalue weighted by Gasteiger charge is 2.20. The third kappa shape index (κ3) is 7.76. The van der Waals surface area contributed by atoms with E-state index in [0.717, 1.165) is 6.04 Å². The molecule has 24 heavy (non-hydrogen) atoms. The smallest absolute Gasteiger partial charge is 0.0112 e. The summed E-state index contributed by atoms with van der Waals surface area (Å²) in [6.07, 6.45) is 19.1. The first-order valence-corrected chi connectivity index (χ1v) is 11.2. The van der Waals surface area contributed by atoms with Gasteiger partial charge in [-0.25, -0.2) is 0 Å². The topological polar surface area (TPSA) is 6.48 Å². The Labute approximate surface area is 154 Å². The van der Waals surface area contributed by atoms with Crippen LogP contribution in [0.25, 0.3) is 0 Å². The quantitative estimate of drug-likeness (QED) is 0.466. The monoisotopic (exact) mass is 350 g/mol. The molecule has 0 bridgehead atoms. The lowest BCUT2D eigenvalue weighted by Crippen LogP contribution is -2.42. The molecule has 138 valence electrons. The van der Waals surface area contributed by atoms with E-state index in [9.17, 15) is 0 Å². The molecule has 0 spiro atoms. The molecular weight excluding hydrogens is 312 g/mol. The maximum Gasteiger partial charge on any atom is 0.0112 e. The van der Waals surface area contributed by atoms with E-state index in [1.165, 1.54) is 89.7 Å². The summed E-state index contributed by atoms with van der Waals surface area (Å²) in [6, 6.07) is 0.869. The summed E-state index contributed by atoms with van der Waals surface area (Å²) in [5.74, 6) is 1.27. The maximum absolute atomic E-state index is 2.78. The molecular formula is C21H38N2S. The van der Waals surface area contributed by atoms with Crippen LogP contribution in [0.1, 0.15) is 64.7 Å². The highest BCUT2D eigenvalue weighted by atomic mass is 32.2. The molecule has 0 aromatic rings. The molecule has 0 unspecified atom stereocenters. The second kappa shape index (κ2) is 12.2.